The van der Waals surface area contributed by atoms with Gasteiger partial charge in [0.15, 0.2) is 6.23 Å². The molecular weight excluding hydrogens is 288 g/mol. The quantitative estimate of drug-likeness (QED) is 0.283. The lowest BCUT2D eigenvalue weighted by Crippen LogP contribution is -2.65. The van der Waals surface area contributed by atoms with Crippen LogP contribution in [0.2, 0.25) is 0 Å². The molecule has 0 saturated heterocycles. The third-order valence-electron chi connectivity index (χ3n) is 3.74. The van der Waals surface area contributed by atoms with Crippen LogP contribution in [-0.4, -0.2) is 62.3 Å². The highest BCUT2D eigenvalue weighted by atomic mass is 16.6. The van der Waals surface area contributed by atoms with Crippen LogP contribution in [0.1, 0.15) is 19.8 Å². The van der Waals surface area contributed by atoms with Crippen molar-refractivity contribution >= 4 is 17.8 Å². The highest BCUT2D eigenvalue weighted by molar-refractivity contribution is 6.12. The lowest BCUT2D eigenvalue weighted by Gasteiger charge is -2.36. The number of rotatable bonds is 9. The van der Waals surface area contributed by atoms with Crippen molar-refractivity contribution in [3.8, 4) is 0 Å². The number of hydrogen-bond acceptors (Lipinski definition) is 7. The van der Waals surface area contributed by atoms with Crippen LogP contribution in [0.3, 0.4) is 0 Å². The van der Waals surface area contributed by atoms with Gasteiger partial charge in [0.25, 0.3) is 11.8 Å². The van der Waals surface area contributed by atoms with E-state index >= 15 is 0 Å². The van der Waals surface area contributed by atoms with Gasteiger partial charge in [0.05, 0.1) is 0 Å². The van der Waals surface area contributed by atoms with Crippen LogP contribution in [0, 0.1) is 0 Å². The molecule has 8 heteroatoms. The number of hydrogen-bond donors (Lipinski definition) is 3. The Morgan fingerprint density at radius 2 is 1.77 bits per heavy atom. The first-order valence-electron chi connectivity index (χ1n) is 7.16. The van der Waals surface area contributed by atoms with Crippen LogP contribution in [0.15, 0.2) is 12.2 Å². The average Bonchev–Trinajstić information content (AvgIpc) is 2.83. The van der Waals surface area contributed by atoms with Crippen LogP contribution < -0.4 is 16.0 Å². The third-order valence-corrected chi connectivity index (χ3v) is 3.74. The van der Waals surface area contributed by atoms with Crippen molar-refractivity contribution in [3.05, 3.63) is 12.2 Å². The molecule has 1 atom stereocenters. The molecule has 1 unspecified atom stereocenters. The van der Waals surface area contributed by atoms with E-state index in [1.54, 1.807) is 21.1 Å². The van der Waals surface area contributed by atoms with Crippen LogP contribution in [-0.2, 0) is 19.1 Å². The molecule has 1 heterocycles. The first-order chi connectivity index (χ1) is 10.4. The third kappa shape index (κ3) is 4.36. The molecule has 2 amide bonds. The van der Waals surface area contributed by atoms with Crippen LogP contribution in [0.4, 0.5) is 0 Å². The zero-order chi connectivity index (χ0) is 16.8. The SMILES string of the molecule is CNC(OC(=O)CCCN1C(=O)C=CC1=O)C(C)(NC)NC. The van der Waals surface area contributed by atoms with E-state index in [4.69, 9.17) is 4.74 Å². The van der Waals surface area contributed by atoms with Crippen molar-refractivity contribution < 1.29 is 19.1 Å². The maximum absolute atomic E-state index is 11.9. The molecule has 22 heavy (non-hydrogen) atoms. The number of nitrogens with one attached hydrogen (secondary N) is 3. The fourth-order valence-corrected chi connectivity index (χ4v) is 2.08. The summed E-state index contributed by atoms with van der Waals surface area (Å²) in [6.07, 6.45) is 2.38. The number of ether oxygens (including phenoxy) is 1. The van der Waals surface area contributed by atoms with Crippen molar-refractivity contribution in [1.29, 1.82) is 0 Å². The van der Waals surface area contributed by atoms with Gasteiger partial charge in [-0.1, -0.05) is 0 Å². The van der Waals surface area contributed by atoms with Gasteiger partial charge in [0.2, 0.25) is 0 Å². The van der Waals surface area contributed by atoms with E-state index in [1.807, 2.05) is 6.92 Å². The van der Waals surface area contributed by atoms with Crippen molar-refractivity contribution in [3.63, 3.8) is 0 Å². The molecule has 0 aromatic carbocycles. The van der Waals surface area contributed by atoms with Crippen LogP contribution in [0.5, 0.6) is 0 Å². The number of nitrogens with zero attached hydrogens (tertiary/aromatic N) is 1. The molecule has 0 aromatic rings. The maximum Gasteiger partial charge on any atom is 0.307 e. The van der Waals surface area contributed by atoms with Crippen molar-refractivity contribution in [2.24, 2.45) is 0 Å². The van der Waals surface area contributed by atoms with E-state index in [1.165, 1.54) is 12.2 Å². The molecule has 0 radical (unpaired) electrons. The van der Waals surface area contributed by atoms with E-state index in [2.05, 4.69) is 16.0 Å². The zero-order valence-corrected chi connectivity index (χ0v) is 13.4. The maximum atomic E-state index is 11.9. The predicted octanol–water partition coefficient (Wildman–Crippen LogP) is -1.06. The molecule has 0 saturated carbocycles. The highest BCUT2D eigenvalue weighted by Crippen LogP contribution is 2.10. The number of carbonyl (C=O) groups is 3. The molecule has 0 aliphatic carbocycles. The molecule has 0 bridgehead atoms. The minimum Gasteiger partial charge on any atom is -0.443 e. The van der Waals surface area contributed by atoms with Crippen molar-refractivity contribution in [1.82, 2.24) is 20.9 Å². The van der Waals surface area contributed by atoms with Gasteiger partial charge in [-0.15, -0.1) is 0 Å². The van der Waals surface area contributed by atoms with Gasteiger partial charge in [-0.25, -0.2) is 0 Å². The number of amides is 2. The summed E-state index contributed by atoms with van der Waals surface area (Å²) in [5.41, 5.74) is -0.616. The first kappa shape index (κ1) is 18.3. The van der Waals surface area contributed by atoms with Crippen LogP contribution >= 0.6 is 0 Å². The van der Waals surface area contributed by atoms with Gasteiger partial charge in [-0.3, -0.25) is 35.2 Å². The van der Waals surface area contributed by atoms with Gasteiger partial charge >= 0.3 is 5.97 Å². The monoisotopic (exact) mass is 312 g/mol. The normalized spacial score (nSPS) is 16.3. The summed E-state index contributed by atoms with van der Waals surface area (Å²) < 4.78 is 5.39. The van der Waals surface area contributed by atoms with E-state index in [-0.39, 0.29) is 24.8 Å². The van der Waals surface area contributed by atoms with E-state index in [9.17, 15) is 14.4 Å². The first-order valence-corrected chi connectivity index (χ1v) is 7.16. The molecule has 0 fully saturated rings. The molecular formula is C14H24N4O4. The molecule has 124 valence electrons. The van der Waals surface area contributed by atoms with Crippen LogP contribution in [0.25, 0.3) is 0 Å². The molecule has 1 aliphatic heterocycles. The Labute approximate surface area is 130 Å². The predicted molar refractivity (Wildman–Crippen MR) is 80.6 cm³/mol. The Morgan fingerprint density at radius 1 is 1.23 bits per heavy atom. The Bertz CT molecular complexity index is 442. The fraction of sp³-hybridized carbons (Fsp3) is 0.643. The topological polar surface area (TPSA) is 99.8 Å². The van der Waals surface area contributed by atoms with E-state index in [0.717, 1.165) is 4.90 Å². The molecule has 8 nitrogen and oxygen atoms in total. The second kappa shape index (κ2) is 8.02. The van der Waals surface area contributed by atoms with Gasteiger partial charge in [-0.2, -0.15) is 0 Å². The summed E-state index contributed by atoms with van der Waals surface area (Å²) >= 11 is 0. The molecule has 3 N–H and O–H groups in total. The summed E-state index contributed by atoms with van der Waals surface area (Å²) in [7, 11) is 5.21. The second-order valence-corrected chi connectivity index (χ2v) is 5.13. The van der Waals surface area contributed by atoms with E-state index in [0.29, 0.717) is 6.42 Å². The summed E-state index contributed by atoms with van der Waals surface area (Å²) in [6, 6.07) is 0. The molecule has 1 rings (SSSR count). The number of imide groups is 1. The molecule has 0 aromatic heterocycles. The van der Waals surface area contributed by atoms with Gasteiger partial charge in [-0.05, 0) is 34.5 Å². The highest BCUT2D eigenvalue weighted by Gasteiger charge is 2.33. The fourth-order valence-electron chi connectivity index (χ4n) is 2.08. The minimum atomic E-state index is -0.616. The summed E-state index contributed by atoms with van der Waals surface area (Å²) in [4.78, 5) is 35.7. The summed E-state index contributed by atoms with van der Waals surface area (Å²) in [6.45, 7) is 2.06. The van der Waals surface area contributed by atoms with Gasteiger partial charge in [0.1, 0.15) is 5.66 Å². The lowest BCUT2D eigenvalue weighted by atomic mass is 10.1. The Hall–Kier alpha value is -1.77. The smallest absolute Gasteiger partial charge is 0.307 e. The number of carbonyl (C=O) groups excluding carboxylic acids is 3. The average molecular weight is 312 g/mol. The van der Waals surface area contributed by atoms with Gasteiger partial charge < -0.3 is 4.74 Å². The summed E-state index contributed by atoms with van der Waals surface area (Å²) in [5.74, 6) is -1.09. The largest absolute Gasteiger partial charge is 0.443 e. The Kier molecular flexibility index (Phi) is 6.66. The summed E-state index contributed by atoms with van der Waals surface area (Å²) in [5, 5.41) is 9.00. The number of esters is 1. The zero-order valence-electron chi connectivity index (χ0n) is 13.4. The molecule has 0 spiro atoms. The Balaban J connectivity index is 2.42. The number of likely N-dealkylation sites (N-methyl/N-ethyl adjacent to an activating group) is 3. The van der Waals surface area contributed by atoms with Gasteiger partial charge in [0, 0.05) is 25.1 Å². The standard InChI is InChI=1S/C14H24N4O4/c1-14(16-3,17-4)13(15-2)22-12(21)6-5-9-18-10(19)7-8-11(18)20/h7-8,13,15-17H,5-6,9H2,1-4H3. The second-order valence-electron chi connectivity index (χ2n) is 5.13. The Morgan fingerprint density at radius 3 is 2.23 bits per heavy atom. The minimum absolute atomic E-state index is 0.124. The molecule has 1 aliphatic rings. The lowest BCUT2D eigenvalue weighted by molar-refractivity contribution is -0.156. The van der Waals surface area contributed by atoms with E-state index < -0.39 is 17.9 Å². The van der Waals surface area contributed by atoms with Crippen molar-refractivity contribution in [2.45, 2.75) is 31.7 Å². The van der Waals surface area contributed by atoms with Crippen molar-refractivity contribution in [2.75, 3.05) is 27.7 Å².